The van der Waals surface area contributed by atoms with E-state index in [1.54, 1.807) is 0 Å². The Morgan fingerprint density at radius 2 is 1.86 bits per heavy atom. The van der Waals surface area contributed by atoms with Crippen LogP contribution in [0.4, 0.5) is 24.7 Å². The molecule has 1 amide bonds. The highest BCUT2D eigenvalue weighted by atomic mass is 19.4. The molecular formula is C31H29F3N8O. The van der Waals surface area contributed by atoms with Crippen molar-refractivity contribution in [2.45, 2.75) is 44.9 Å². The van der Waals surface area contributed by atoms with Crippen LogP contribution in [0.25, 0.3) is 11.0 Å². The first-order valence-corrected chi connectivity index (χ1v) is 13.9. The van der Waals surface area contributed by atoms with Gasteiger partial charge in [-0.15, -0.1) is 0 Å². The van der Waals surface area contributed by atoms with Crippen molar-refractivity contribution in [1.29, 1.82) is 0 Å². The summed E-state index contributed by atoms with van der Waals surface area (Å²) in [6.45, 7) is 6.03. The highest BCUT2D eigenvalue weighted by molar-refractivity contribution is 6.04. The number of hydrogen-bond donors (Lipinski definition) is 3. The van der Waals surface area contributed by atoms with Crippen molar-refractivity contribution >= 4 is 28.4 Å². The molecule has 4 N–H and O–H groups in total. The van der Waals surface area contributed by atoms with Gasteiger partial charge < -0.3 is 16.4 Å². The summed E-state index contributed by atoms with van der Waals surface area (Å²) >= 11 is 0. The SMILES string of the molecule is Cc1nc2c(C#Cc3cncc(C(=O)Nc4ccc(CN5CCNC6(CC6)C5)c(C(F)(F)F)c4)c3)cnc(N)c2nc1C. The Bertz CT molecular complexity index is 1810. The second-order valence-corrected chi connectivity index (χ2v) is 11.1. The molecule has 2 aliphatic rings. The molecule has 0 bridgehead atoms. The topological polar surface area (TPSA) is 122 Å². The van der Waals surface area contributed by atoms with Gasteiger partial charge in [0, 0.05) is 61.6 Å². The van der Waals surface area contributed by atoms with E-state index in [9.17, 15) is 18.0 Å². The van der Waals surface area contributed by atoms with Crippen molar-refractivity contribution in [3.8, 4) is 11.8 Å². The minimum atomic E-state index is -4.57. The molecule has 6 rings (SSSR count). The summed E-state index contributed by atoms with van der Waals surface area (Å²) in [7, 11) is 0. The number of piperazine rings is 1. The van der Waals surface area contributed by atoms with Crippen molar-refractivity contribution in [2.24, 2.45) is 0 Å². The zero-order valence-electron chi connectivity index (χ0n) is 23.6. The van der Waals surface area contributed by atoms with Gasteiger partial charge in [0.2, 0.25) is 0 Å². The largest absolute Gasteiger partial charge is 0.416 e. The van der Waals surface area contributed by atoms with Crippen LogP contribution in [-0.2, 0) is 12.7 Å². The van der Waals surface area contributed by atoms with Crippen LogP contribution in [0.1, 0.15) is 56.8 Å². The van der Waals surface area contributed by atoms with E-state index in [0.717, 1.165) is 43.4 Å². The summed E-state index contributed by atoms with van der Waals surface area (Å²) in [5.74, 6) is 5.58. The maximum Gasteiger partial charge on any atom is 0.416 e. The maximum atomic E-state index is 14.1. The Kier molecular flexibility index (Phi) is 7.23. The Morgan fingerprint density at radius 3 is 2.60 bits per heavy atom. The third kappa shape index (κ3) is 6.14. The number of pyridine rings is 2. The quantitative estimate of drug-likeness (QED) is 0.304. The second-order valence-electron chi connectivity index (χ2n) is 11.1. The summed E-state index contributed by atoms with van der Waals surface area (Å²) in [5.41, 5.74) is 9.00. The van der Waals surface area contributed by atoms with E-state index in [1.807, 2.05) is 13.8 Å². The van der Waals surface area contributed by atoms with E-state index in [4.69, 9.17) is 5.73 Å². The number of aryl methyl sites for hydroxylation is 2. The number of alkyl halides is 3. The Labute approximate surface area is 246 Å². The molecule has 220 valence electrons. The first kappa shape index (κ1) is 28.5. The first-order valence-electron chi connectivity index (χ1n) is 13.9. The molecule has 1 aliphatic heterocycles. The van der Waals surface area contributed by atoms with Crippen LogP contribution in [0.3, 0.4) is 0 Å². The van der Waals surface area contributed by atoms with Crippen LogP contribution >= 0.6 is 0 Å². The van der Waals surface area contributed by atoms with Gasteiger partial charge in [0.25, 0.3) is 5.91 Å². The van der Waals surface area contributed by atoms with Crippen molar-refractivity contribution < 1.29 is 18.0 Å². The summed E-state index contributed by atoms with van der Waals surface area (Å²) in [6.07, 6.45) is 1.84. The monoisotopic (exact) mass is 586 g/mol. The molecule has 0 atom stereocenters. The summed E-state index contributed by atoms with van der Waals surface area (Å²) in [5, 5.41) is 6.05. The smallest absolute Gasteiger partial charge is 0.382 e. The standard InChI is InChI=1S/C31H29F3N8O/c1-18-19(2)40-27-26(39-18)21(15-37-28(27)35)4-3-20-11-23(14-36-13-20)29(43)41-24-6-5-22(25(12-24)31(32,33)34)16-42-10-9-38-30(17-42)7-8-30/h5-6,11-15,38H,7-10,16-17H2,1-2H3,(H2,35,37)(H,41,43). The van der Waals surface area contributed by atoms with Crippen molar-refractivity contribution in [3.63, 3.8) is 0 Å². The van der Waals surface area contributed by atoms with Gasteiger partial charge in [0.05, 0.1) is 28.1 Å². The van der Waals surface area contributed by atoms with Gasteiger partial charge in [-0.05, 0) is 50.5 Å². The molecule has 1 aromatic carbocycles. The Morgan fingerprint density at radius 1 is 1.09 bits per heavy atom. The van der Waals surface area contributed by atoms with E-state index < -0.39 is 17.6 Å². The number of nitrogen functional groups attached to an aromatic ring is 1. The number of benzene rings is 1. The Balaban J connectivity index is 1.21. The molecule has 4 heterocycles. The lowest BCUT2D eigenvalue weighted by Gasteiger charge is -2.34. The van der Waals surface area contributed by atoms with Crippen LogP contribution in [0, 0.1) is 25.7 Å². The van der Waals surface area contributed by atoms with Crippen LogP contribution in [0.15, 0.2) is 42.9 Å². The maximum absolute atomic E-state index is 14.1. The van der Waals surface area contributed by atoms with Gasteiger partial charge in [0.15, 0.2) is 5.82 Å². The molecule has 9 nitrogen and oxygen atoms in total. The van der Waals surface area contributed by atoms with Gasteiger partial charge >= 0.3 is 6.18 Å². The number of fused-ring (bicyclic) bond motifs is 1. The number of hydrogen-bond acceptors (Lipinski definition) is 8. The third-order valence-electron chi connectivity index (χ3n) is 7.85. The predicted octanol–water partition coefficient (Wildman–Crippen LogP) is 4.23. The number of carbonyl (C=O) groups is 1. The molecule has 1 saturated heterocycles. The van der Waals surface area contributed by atoms with Crippen molar-refractivity contribution in [1.82, 2.24) is 30.2 Å². The Hall–Kier alpha value is -4.60. The molecule has 2 fully saturated rings. The van der Waals surface area contributed by atoms with Gasteiger partial charge in [-0.1, -0.05) is 17.9 Å². The summed E-state index contributed by atoms with van der Waals surface area (Å²) in [6, 6.07) is 5.44. The fraction of sp³-hybridized carbons (Fsp3) is 0.323. The fourth-order valence-electron chi connectivity index (χ4n) is 5.25. The number of aromatic nitrogens is 4. The molecule has 1 saturated carbocycles. The number of halogens is 3. The first-order chi connectivity index (χ1) is 20.5. The van der Waals surface area contributed by atoms with Crippen LogP contribution in [0.2, 0.25) is 0 Å². The minimum Gasteiger partial charge on any atom is -0.382 e. The minimum absolute atomic E-state index is 0.0418. The highest BCUT2D eigenvalue weighted by Gasteiger charge is 2.45. The van der Waals surface area contributed by atoms with Gasteiger partial charge in [-0.2, -0.15) is 13.2 Å². The molecule has 12 heteroatoms. The van der Waals surface area contributed by atoms with Crippen LogP contribution < -0.4 is 16.4 Å². The van der Waals surface area contributed by atoms with Gasteiger partial charge in [-0.3, -0.25) is 14.7 Å². The lowest BCUT2D eigenvalue weighted by Crippen LogP contribution is -2.52. The predicted molar refractivity (Wildman–Crippen MR) is 156 cm³/mol. The molecule has 4 aromatic rings. The van der Waals surface area contributed by atoms with E-state index in [0.29, 0.717) is 28.7 Å². The van der Waals surface area contributed by atoms with Gasteiger partial charge in [-0.25, -0.2) is 15.0 Å². The van der Waals surface area contributed by atoms with E-state index in [1.165, 1.54) is 36.8 Å². The molecule has 3 aromatic heterocycles. The van der Waals surface area contributed by atoms with E-state index in [2.05, 4.69) is 47.3 Å². The van der Waals surface area contributed by atoms with Crippen molar-refractivity contribution in [3.05, 3.63) is 82.1 Å². The zero-order chi connectivity index (χ0) is 30.4. The number of nitrogens with zero attached hydrogens (tertiary/aromatic N) is 5. The number of amides is 1. The molecule has 43 heavy (non-hydrogen) atoms. The molecule has 1 aliphatic carbocycles. The van der Waals surface area contributed by atoms with Crippen molar-refractivity contribution in [2.75, 3.05) is 30.7 Å². The van der Waals surface area contributed by atoms with E-state index >= 15 is 0 Å². The lowest BCUT2D eigenvalue weighted by molar-refractivity contribution is -0.138. The number of nitrogens with one attached hydrogen (secondary N) is 2. The third-order valence-corrected chi connectivity index (χ3v) is 7.85. The normalized spacial score (nSPS) is 16.1. The number of anilines is 2. The summed E-state index contributed by atoms with van der Waals surface area (Å²) < 4.78 is 42.2. The lowest BCUT2D eigenvalue weighted by atomic mass is 10.0. The highest BCUT2D eigenvalue weighted by Crippen LogP contribution is 2.39. The van der Waals surface area contributed by atoms with Gasteiger partial charge in [0.1, 0.15) is 11.0 Å². The molecule has 1 spiro atoms. The molecule has 0 unspecified atom stereocenters. The molecular weight excluding hydrogens is 557 g/mol. The zero-order valence-corrected chi connectivity index (χ0v) is 23.6. The number of rotatable bonds is 4. The number of nitrogens with two attached hydrogens (primary N) is 1. The average Bonchev–Trinajstić information content (AvgIpc) is 3.72. The number of carbonyl (C=O) groups excluding carboxylic acids is 1. The van der Waals surface area contributed by atoms with E-state index in [-0.39, 0.29) is 34.7 Å². The van der Waals surface area contributed by atoms with Crippen LogP contribution in [0.5, 0.6) is 0 Å². The fourth-order valence-corrected chi connectivity index (χ4v) is 5.25. The molecule has 0 radical (unpaired) electrons. The average molecular weight is 587 g/mol. The second kappa shape index (κ2) is 10.9. The summed E-state index contributed by atoms with van der Waals surface area (Å²) in [4.78, 5) is 32.4. The van der Waals surface area contributed by atoms with Crippen LogP contribution in [-0.4, -0.2) is 55.9 Å².